The van der Waals surface area contributed by atoms with Crippen molar-refractivity contribution in [2.24, 2.45) is 5.92 Å². The number of rotatable bonds is 7. The van der Waals surface area contributed by atoms with Crippen molar-refractivity contribution in [1.29, 1.82) is 0 Å². The van der Waals surface area contributed by atoms with Crippen LogP contribution in [0.15, 0.2) is 54.7 Å². The second-order valence-corrected chi connectivity index (χ2v) is 7.75. The van der Waals surface area contributed by atoms with E-state index in [0.717, 1.165) is 16.5 Å². The van der Waals surface area contributed by atoms with Crippen molar-refractivity contribution in [3.05, 3.63) is 60.3 Å². The van der Waals surface area contributed by atoms with Crippen LogP contribution in [-0.4, -0.2) is 49.6 Å². The molecule has 0 unspecified atom stereocenters. The predicted octanol–water partition coefficient (Wildman–Crippen LogP) is 2.43. The highest BCUT2D eigenvalue weighted by molar-refractivity contribution is 6.01. The van der Waals surface area contributed by atoms with Gasteiger partial charge in [-0.15, -0.1) is 0 Å². The van der Waals surface area contributed by atoms with Crippen LogP contribution in [-0.2, 0) is 25.5 Å². The van der Waals surface area contributed by atoms with E-state index in [1.165, 1.54) is 7.11 Å². The quantitative estimate of drug-likeness (QED) is 0.555. The Balaban J connectivity index is 1.46. The molecule has 2 amide bonds. The largest absolute Gasteiger partial charge is 0.497 e. The molecule has 32 heavy (non-hydrogen) atoms. The van der Waals surface area contributed by atoms with Crippen LogP contribution >= 0.6 is 0 Å². The fraction of sp³-hybridized carbons (Fsp3) is 0.292. The van der Waals surface area contributed by atoms with Crippen LogP contribution in [0.5, 0.6) is 5.75 Å². The minimum Gasteiger partial charge on any atom is -0.497 e. The van der Waals surface area contributed by atoms with Crippen LogP contribution in [0.3, 0.4) is 0 Å². The number of H-pyrrole nitrogens is 1. The molecule has 0 saturated carbocycles. The van der Waals surface area contributed by atoms with Crippen molar-refractivity contribution in [2.45, 2.75) is 18.9 Å². The molecule has 1 aliphatic rings. The molecule has 1 aliphatic heterocycles. The third-order valence-corrected chi connectivity index (χ3v) is 5.78. The number of aromatic nitrogens is 1. The van der Waals surface area contributed by atoms with Gasteiger partial charge in [-0.05, 0) is 35.9 Å². The Hall–Kier alpha value is -3.81. The van der Waals surface area contributed by atoms with Gasteiger partial charge in [-0.3, -0.25) is 9.59 Å². The van der Waals surface area contributed by atoms with Crippen molar-refractivity contribution < 1.29 is 23.9 Å². The highest BCUT2D eigenvalue weighted by Crippen LogP contribution is 2.27. The highest BCUT2D eigenvalue weighted by Gasteiger charge is 2.37. The molecule has 2 N–H and O–H groups in total. The standard InChI is InChI=1S/C24H25N3O5/c1-31-18-9-7-17(8-10-18)27-14-16(12-22(27)28)23(29)26-21(24(30)32-2)11-15-13-25-20-6-4-3-5-19(15)20/h3-10,13,16,21,25H,11-12,14H2,1-2H3,(H,26,29)/t16-,21-/m1/s1. The van der Waals surface area contributed by atoms with Crippen LogP contribution < -0.4 is 15.0 Å². The normalized spacial score (nSPS) is 16.8. The molecule has 8 nitrogen and oxygen atoms in total. The number of nitrogens with zero attached hydrogens (tertiary/aromatic N) is 1. The Morgan fingerprint density at radius 1 is 1.16 bits per heavy atom. The first-order chi connectivity index (χ1) is 15.5. The molecule has 2 aromatic carbocycles. The number of amides is 2. The van der Waals surface area contributed by atoms with E-state index in [2.05, 4.69) is 10.3 Å². The van der Waals surface area contributed by atoms with E-state index in [9.17, 15) is 14.4 Å². The number of hydrogen-bond acceptors (Lipinski definition) is 5. The number of methoxy groups -OCH3 is 2. The van der Waals surface area contributed by atoms with Gasteiger partial charge < -0.3 is 24.7 Å². The smallest absolute Gasteiger partial charge is 0.328 e. The van der Waals surface area contributed by atoms with Crippen molar-refractivity contribution in [3.8, 4) is 5.75 Å². The molecular formula is C24H25N3O5. The summed E-state index contributed by atoms with van der Waals surface area (Å²) in [7, 11) is 2.87. The molecule has 0 spiro atoms. The summed E-state index contributed by atoms with van der Waals surface area (Å²) in [6.07, 6.45) is 2.20. The summed E-state index contributed by atoms with van der Waals surface area (Å²) in [5.74, 6) is -0.876. The van der Waals surface area contributed by atoms with Crippen molar-refractivity contribution in [1.82, 2.24) is 10.3 Å². The van der Waals surface area contributed by atoms with E-state index >= 15 is 0 Å². The Kier molecular flexibility index (Phi) is 6.11. The summed E-state index contributed by atoms with van der Waals surface area (Å²) in [6.45, 7) is 0.248. The maximum absolute atomic E-state index is 13.0. The van der Waals surface area contributed by atoms with E-state index < -0.39 is 17.9 Å². The van der Waals surface area contributed by atoms with E-state index in [-0.39, 0.29) is 31.2 Å². The van der Waals surface area contributed by atoms with E-state index in [0.29, 0.717) is 11.4 Å². The lowest BCUT2D eigenvalue weighted by Gasteiger charge is -2.20. The average Bonchev–Trinajstić information content (AvgIpc) is 3.41. The van der Waals surface area contributed by atoms with Crippen LogP contribution in [0.4, 0.5) is 5.69 Å². The molecule has 1 fully saturated rings. The lowest BCUT2D eigenvalue weighted by Crippen LogP contribution is -2.46. The van der Waals surface area contributed by atoms with Gasteiger partial charge in [0.2, 0.25) is 11.8 Å². The second kappa shape index (κ2) is 9.13. The molecule has 4 rings (SSSR count). The first-order valence-corrected chi connectivity index (χ1v) is 10.4. The number of esters is 1. The molecule has 1 aromatic heterocycles. The van der Waals surface area contributed by atoms with Crippen LogP contribution in [0.2, 0.25) is 0 Å². The van der Waals surface area contributed by atoms with Crippen molar-refractivity contribution >= 4 is 34.4 Å². The number of anilines is 1. The Bertz CT molecular complexity index is 1140. The number of ether oxygens (including phenoxy) is 2. The van der Waals surface area contributed by atoms with Gasteiger partial charge in [0, 0.05) is 42.2 Å². The zero-order chi connectivity index (χ0) is 22.7. The average molecular weight is 435 g/mol. The summed E-state index contributed by atoms with van der Waals surface area (Å²) in [6, 6.07) is 14.0. The number of benzene rings is 2. The van der Waals surface area contributed by atoms with Gasteiger partial charge in [-0.1, -0.05) is 18.2 Å². The Labute approximate surface area is 185 Å². The molecule has 2 heterocycles. The van der Waals surface area contributed by atoms with Crippen LogP contribution in [0, 0.1) is 5.92 Å². The highest BCUT2D eigenvalue weighted by atomic mass is 16.5. The minimum absolute atomic E-state index is 0.0822. The SMILES string of the molecule is COC(=O)[C@@H](Cc1c[nH]c2ccccc12)NC(=O)[C@@H]1CC(=O)N(c2ccc(OC)cc2)C1. The first kappa shape index (κ1) is 21.4. The van der Waals surface area contributed by atoms with Crippen molar-refractivity contribution in [3.63, 3.8) is 0 Å². The predicted molar refractivity (Wildman–Crippen MR) is 119 cm³/mol. The Morgan fingerprint density at radius 3 is 2.62 bits per heavy atom. The number of fused-ring (bicyclic) bond motifs is 1. The number of aromatic amines is 1. The van der Waals surface area contributed by atoms with E-state index in [4.69, 9.17) is 9.47 Å². The number of para-hydroxylation sites is 1. The lowest BCUT2D eigenvalue weighted by atomic mass is 10.0. The van der Waals surface area contributed by atoms with Crippen molar-refractivity contribution in [2.75, 3.05) is 25.7 Å². The zero-order valence-electron chi connectivity index (χ0n) is 18.0. The number of carbonyl (C=O) groups is 3. The molecule has 0 radical (unpaired) electrons. The summed E-state index contributed by atoms with van der Waals surface area (Å²) in [5, 5.41) is 3.78. The van der Waals surface area contributed by atoms with Gasteiger partial charge in [-0.2, -0.15) is 0 Å². The zero-order valence-corrected chi connectivity index (χ0v) is 18.0. The summed E-state index contributed by atoms with van der Waals surface area (Å²) >= 11 is 0. The summed E-state index contributed by atoms with van der Waals surface area (Å²) < 4.78 is 10.1. The summed E-state index contributed by atoms with van der Waals surface area (Å²) in [4.78, 5) is 42.7. The molecule has 166 valence electrons. The number of carbonyl (C=O) groups excluding carboxylic acids is 3. The lowest BCUT2D eigenvalue weighted by molar-refractivity contribution is -0.145. The maximum atomic E-state index is 13.0. The maximum Gasteiger partial charge on any atom is 0.328 e. The van der Waals surface area contributed by atoms with Gasteiger partial charge in [0.25, 0.3) is 0 Å². The molecular weight excluding hydrogens is 410 g/mol. The van der Waals surface area contributed by atoms with Gasteiger partial charge in [0.1, 0.15) is 11.8 Å². The van der Waals surface area contributed by atoms with Crippen LogP contribution in [0.1, 0.15) is 12.0 Å². The number of nitrogens with one attached hydrogen (secondary N) is 2. The molecule has 3 aromatic rings. The Morgan fingerprint density at radius 2 is 1.91 bits per heavy atom. The monoisotopic (exact) mass is 435 g/mol. The van der Waals surface area contributed by atoms with E-state index in [1.54, 1.807) is 36.3 Å². The second-order valence-electron chi connectivity index (χ2n) is 7.75. The van der Waals surface area contributed by atoms with Gasteiger partial charge >= 0.3 is 5.97 Å². The fourth-order valence-corrected chi connectivity index (χ4v) is 4.04. The van der Waals surface area contributed by atoms with Crippen LogP contribution in [0.25, 0.3) is 10.9 Å². The molecule has 8 heteroatoms. The molecule has 0 aliphatic carbocycles. The van der Waals surface area contributed by atoms with E-state index in [1.807, 2.05) is 30.5 Å². The number of hydrogen-bond donors (Lipinski definition) is 2. The summed E-state index contributed by atoms with van der Waals surface area (Å²) in [5.41, 5.74) is 2.56. The third-order valence-electron chi connectivity index (χ3n) is 5.78. The molecule has 0 bridgehead atoms. The van der Waals surface area contributed by atoms with Gasteiger partial charge in [0.15, 0.2) is 0 Å². The minimum atomic E-state index is -0.850. The topological polar surface area (TPSA) is 101 Å². The third kappa shape index (κ3) is 4.30. The van der Waals surface area contributed by atoms with Gasteiger partial charge in [-0.25, -0.2) is 4.79 Å². The van der Waals surface area contributed by atoms with Gasteiger partial charge in [0.05, 0.1) is 20.1 Å². The molecule has 1 saturated heterocycles. The molecule has 2 atom stereocenters. The fourth-order valence-electron chi connectivity index (χ4n) is 4.04. The first-order valence-electron chi connectivity index (χ1n) is 10.4.